The van der Waals surface area contributed by atoms with Crippen LogP contribution in [0.1, 0.15) is 0 Å². The first kappa shape index (κ1) is 12.3. The maximum atomic E-state index is 10.5. The first-order valence-corrected chi connectivity index (χ1v) is 5.59. The largest absolute Gasteiger partial charge is 0.318 e. The average Bonchev–Trinajstić information content (AvgIpc) is 2.40. The topological polar surface area (TPSA) is 94.2 Å². The van der Waals surface area contributed by atoms with Gasteiger partial charge in [0.1, 0.15) is 6.04 Å². The number of nitrogens with one attached hydrogen (secondary N) is 2. The summed E-state index contributed by atoms with van der Waals surface area (Å²) < 4.78 is 0. The van der Waals surface area contributed by atoms with Crippen LogP contribution >= 0.6 is 0 Å². The van der Waals surface area contributed by atoms with Crippen molar-refractivity contribution in [2.75, 3.05) is 25.1 Å². The van der Waals surface area contributed by atoms with Crippen molar-refractivity contribution in [2.24, 2.45) is 0 Å². The highest BCUT2D eigenvalue weighted by Crippen LogP contribution is 2.16. The first-order chi connectivity index (χ1) is 8.70. The molecule has 0 saturated carbocycles. The SMILES string of the molecule is N#C[C@@H]1CNCCN1Nc1ccc([N+](=O)[O-])cc1. The van der Waals surface area contributed by atoms with Gasteiger partial charge < -0.3 is 10.7 Å². The van der Waals surface area contributed by atoms with Crippen LogP contribution in [0.15, 0.2) is 24.3 Å². The number of non-ortho nitro benzene ring substituents is 1. The van der Waals surface area contributed by atoms with Gasteiger partial charge in [0.05, 0.1) is 11.0 Å². The second-order valence-electron chi connectivity index (χ2n) is 3.96. The molecular weight excluding hydrogens is 234 g/mol. The van der Waals surface area contributed by atoms with Crippen LogP contribution in [-0.4, -0.2) is 35.6 Å². The van der Waals surface area contributed by atoms with E-state index in [4.69, 9.17) is 5.26 Å². The second-order valence-corrected chi connectivity index (χ2v) is 3.96. The van der Waals surface area contributed by atoms with Crippen LogP contribution in [0.25, 0.3) is 0 Å². The fourth-order valence-electron chi connectivity index (χ4n) is 1.78. The number of hydrogen-bond donors (Lipinski definition) is 2. The lowest BCUT2D eigenvalue weighted by atomic mass is 10.2. The lowest BCUT2D eigenvalue weighted by Crippen LogP contribution is -2.52. The molecular formula is C11H13N5O2. The minimum atomic E-state index is -0.438. The summed E-state index contributed by atoms with van der Waals surface area (Å²) in [5.74, 6) is 0. The Morgan fingerprint density at radius 3 is 2.83 bits per heavy atom. The molecule has 1 aromatic rings. The molecule has 0 spiro atoms. The van der Waals surface area contributed by atoms with Crippen LogP contribution in [0.5, 0.6) is 0 Å². The van der Waals surface area contributed by atoms with E-state index in [9.17, 15) is 10.1 Å². The molecule has 1 saturated heterocycles. The van der Waals surface area contributed by atoms with Crippen LogP contribution in [-0.2, 0) is 0 Å². The average molecular weight is 247 g/mol. The van der Waals surface area contributed by atoms with Gasteiger partial charge >= 0.3 is 0 Å². The number of rotatable bonds is 3. The summed E-state index contributed by atoms with van der Waals surface area (Å²) in [7, 11) is 0. The molecule has 7 nitrogen and oxygen atoms in total. The number of hydrogen-bond acceptors (Lipinski definition) is 6. The van der Waals surface area contributed by atoms with Gasteiger partial charge in [-0.05, 0) is 12.1 Å². The third-order valence-corrected chi connectivity index (χ3v) is 2.74. The monoisotopic (exact) mass is 247 g/mol. The molecule has 0 bridgehead atoms. The Balaban J connectivity index is 2.04. The van der Waals surface area contributed by atoms with Crippen LogP contribution < -0.4 is 10.7 Å². The highest BCUT2D eigenvalue weighted by molar-refractivity contribution is 5.48. The molecule has 2 N–H and O–H groups in total. The predicted octanol–water partition coefficient (Wildman–Crippen LogP) is 0.719. The van der Waals surface area contributed by atoms with Crippen LogP contribution in [0, 0.1) is 21.4 Å². The van der Waals surface area contributed by atoms with Gasteiger partial charge in [0.15, 0.2) is 0 Å². The number of nitriles is 1. The molecule has 0 aromatic heterocycles. The lowest BCUT2D eigenvalue weighted by molar-refractivity contribution is -0.384. The molecule has 0 amide bonds. The van der Waals surface area contributed by atoms with E-state index in [0.717, 1.165) is 12.2 Å². The van der Waals surface area contributed by atoms with Crippen LogP contribution in [0.4, 0.5) is 11.4 Å². The third kappa shape index (κ3) is 2.74. The maximum absolute atomic E-state index is 10.5. The first-order valence-electron chi connectivity index (χ1n) is 5.59. The number of nitrogens with zero attached hydrogens (tertiary/aromatic N) is 3. The maximum Gasteiger partial charge on any atom is 0.269 e. The molecule has 94 valence electrons. The standard InChI is InChI=1S/C11H13N5O2/c12-7-11-8-13-5-6-15(11)14-9-1-3-10(4-2-9)16(17)18/h1-4,11,13-14H,5-6,8H2/t11-/m1/s1. The Kier molecular flexibility index (Phi) is 3.72. The molecule has 7 heteroatoms. The highest BCUT2D eigenvalue weighted by atomic mass is 16.6. The van der Waals surface area contributed by atoms with Crippen LogP contribution in [0.3, 0.4) is 0 Å². The van der Waals surface area contributed by atoms with Gasteiger partial charge in [-0.15, -0.1) is 0 Å². The van der Waals surface area contributed by atoms with Crippen molar-refractivity contribution in [2.45, 2.75) is 6.04 Å². The molecule has 1 aliphatic heterocycles. The zero-order valence-electron chi connectivity index (χ0n) is 9.67. The molecule has 2 rings (SSSR count). The summed E-state index contributed by atoms with van der Waals surface area (Å²) >= 11 is 0. The van der Waals surface area contributed by atoms with Gasteiger partial charge in [-0.1, -0.05) is 0 Å². The zero-order valence-corrected chi connectivity index (χ0v) is 9.67. The van der Waals surface area contributed by atoms with E-state index >= 15 is 0 Å². The number of hydrazine groups is 1. The summed E-state index contributed by atoms with van der Waals surface area (Å²) in [5, 5.41) is 24.5. The summed E-state index contributed by atoms with van der Waals surface area (Å²) in [4.78, 5) is 10.1. The lowest BCUT2D eigenvalue weighted by Gasteiger charge is -2.32. The van der Waals surface area contributed by atoms with E-state index in [1.165, 1.54) is 12.1 Å². The number of anilines is 1. The van der Waals surface area contributed by atoms with E-state index < -0.39 is 4.92 Å². The third-order valence-electron chi connectivity index (χ3n) is 2.74. The summed E-state index contributed by atoms with van der Waals surface area (Å²) in [6.45, 7) is 2.11. The van der Waals surface area contributed by atoms with Crippen molar-refractivity contribution in [1.29, 1.82) is 5.26 Å². The summed E-state index contributed by atoms with van der Waals surface area (Å²) in [6.07, 6.45) is 0. The van der Waals surface area contributed by atoms with Gasteiger partial charge in [-0.3, -0.25) is 10.1 Å². The van der Waals surface area contributed by atoms with E-state index in [1.54, 1.807) is 12.1 Å². The van der Waals surface area contributed by atoms with Crippen molar-refractivity contribution in [3.8, 4) is 6.07 Å². The Hall–Kier alpha value is -2.17. The molecule has 0 radical (unpaired) electrons. The number of nitro groups is 1. The molecule has 1 atom stereocenters. The quantitative estimate of drug-likeness (QED) is 0.603. The molecule has 1 aliphatic rings. The normalized spacial score (nSPS) is 20.1. The second kappa shape index (κ2) is 5.44. The van der Waals surface area contributed by atoms with Crippen molar-refractivity contribution in [3.63, 3.8) is 0 Å². The van der Waals surface area contributed by atoms with E-state index in [2.05, 4.69) is 16.8 Å². The molecule has 1 heterocycles. The van der Waals surface area contributed by atoms with Crippen molar-refractivity contribution >= 4 is 11.4 Å². The molecule has 1 aromatic carbocycles. The minimum Gasteiger partial charge on any atom is -0.318 e. The van der Waals surface area contributed by atoms with E-state index in [-0.39, 0.29) is 11.7 Å². The number of piperazine rings is 1. The molecule has 18 heavy (non-hydrogen) atoms. The van der Waals surface area contributed by atoms with Crippen LogP contribution in [0.2, 0.25) is 0 Å². The van der Waals surface area contributed by atoms with Gasteiger partial charge in [0, 0.05) is 37.5 Å². The van der Waals surface area contributed by atoms with Crippen molar-refractivity contribution in [1.82, 2.24) is 10.3 Å². The van der Waals surface area contributed by atoms with Gasteiger partial charge in [-0.2, -0.15) is 5.26 Å². The number of nitro benzene ring substituents is 1. The Labute approximate surface area is 104 Å². The fraction of sp³-hybridized carbons (Fsp3) is 0.364. The van der Waals surface area contributed by atoms with Crippen molar-refractivity contribution in [3.05, 3.63) is 34.4 Å². The van der Waals surface area contributed by atoms with E-state index in [1.807, 2.05) is 5.01 Å². The van der Waals surface area contributed by atoms with Gasteiger partial charge in [0.25, 0.3) is 5.69 Å². The minimum absolute atomic E-state index is 0.0534. The summed E-state index contributed by atoms with van der Waals surface area (Å²) in [5.41, 5.74) is 3.89. The predicted molar refractivity (Wildman–Crippen MR) is 65.7 cm³/mol. The Morgan fingerprint density at radius 2 is 2.22 bits per heavy atom. The Bertz CT molecular complexity index is 467. The van der Waals surface area contributed by atoms with Gasteiger partial charge in [-0.25, -0.2) is 5.01 Å². The summed E-state index contributed by atoms with van der Waals surface area (Å²) in [6, 6.07) is 8.09. The molecule has 1 fully saturated rings. The fourth-order valence-corrected chi connectivity index (χ4v) is 1.78. The Morgan fingerprint density at radius 1 is 1.50 bits per heavy atom. The van der Waals surface area contributed by atoms with E-state index in [0.29, 0.717) is 13.1 Å². The van der Waals surface area contributed by atoms with Gasteiger partial charge in [0.2, 0.25) is 0 Å². The number of benzene rings is 1. The molecule has 0 unspecified atom stereocenters. The highest BCUT2D eigenvalue weighted by Gasteiger charge is 2.21. The van der Waals surface area contributed by atoms with Crippen molar-refractivity contribution < 1.29 is 4.92 Å². The molecule has 0 aliphatic carbocycles. The smallest absolute Gasteiger partial charge is 0.269 e. The zero-order chi connectivity index (χ0) is 13.0.